The molecule has 1 fully saturated rings. The highest BCUT2D eigenvalue weighted by Gasteiger charge is 2.24. The fraction of sp³-hybridized carbons (Fsp3) is 0.417. The standard InChI is InChI=1S/C24H30N4O6/c1-16(2)10-13-34-21-9-7-18(15-22(21)33-3)24(30)26-25-23(29)17-6-8-19(20(14-17)28(31)32)27-11-4-5-12-27/h6-9,14-16H,4-5,10-13H2,1-3H3,(H,25,29)(H,26,30). The Bertz CT molecular complexity index is 1050. The van der Waals surface area contributed by atoms with Crippen LogP contribution in [0.1, 0.15) is 53.8 Å². The first-order valence-corrected chi connectivity index (χ1v) is 11.2. The van der Waals surface area contributed by atoms with Crippen LogP contribution in [0.4, 0.5) is 11.4 Å². The number of ether oxygens (including phenoxy) is 2. The van der Waals surface area contributed by atoms with E-state index in [9.17, 15) is 19.7 Å². The van der Waals surface area contributed by atoms with Crippen molar-refractivity contribution in [1.29, 1.82) is 0 Å². The summed E-state index contributed by atoms with van der Waals surface area (Å²) in [6.07, 6.45) is 2.83. The van der Waals surface area contributed by atoms with Gasteiger partial charge in [-0.1, -0.05) is 13.8 Å². The molecule has 0 bridgehead atoms. The Hall–Kier alpha value is -3.82. The van der Waals surface area contributed by atoms with Gasteiger partial charge < -0.3 is 14.4 Å². The molecule has 2 N–H and O–H groups in total. The third-order valence-corrected chi connectivity index (χ3v) is 5.55. The third kappa shape index (κ3) is 6.15. The molecule has 2 aromatic carbocycles. The fourth-order valence-corrected chi connectivity index (χ4v) is 3.63. The molecular weight excluding hydrogens is 440 g/mol. The molecule has 0 unspecified atom stereocenters. The number of anilines is 1. The zero-order valence-corrected chi connectivity index (χ0v) is 19.6. The zero-order chi connectivity index (χ0) is 24.7. The number of rotatable bonds is 9. The number of hydrogen-bond acceptors (Lipinski definition) is 7. The van der Waals surface area contributed by atoms with Crippen molar-refractivity contribution in [3.8, 4) is 11.5 Å². The van der Waals surface area contributed by atoms with Crippen LogP contribution in [-0.4, -0.2) is 43.5 Å². The number of nitrogens with zero attached hydrogens (tertiary/aromatic N) is 2. The Morgan fingerprint density at radius 1 is 1.03 bits per heavy atom. The van der Waals surface area contributed by atoms with Crippen LogP contribution in [0, 0.1) is 16.0 Å². The van der Waals surface area contributed by atoms with Crippen molar-refractivity contribution < 1.29 is 24.0 Å². The molecule has 0 radical (unpaired) electrons. The number of nitro benzene ring substituents is 1. The van der Waals surface area contributed by atoms with E-state index in [-0.39, 0.29) is 16.8 Å². The summed E-state index contributed by atoms with van der Waals surface area (Å²) in [5.74, 6) is 0.191. The van der Waals surface area contributed by atoms with Gasteiger partial charge in [-0.25, -0.2) is 0 Å². The highest BCUT2D eigenvalue weighted by atomic mass is 16.6. The second-order valence-electron chi connectivity index (χ2n) is 8.46. The molecule has 2 amide bonds. The lowest BCUT2D eigenvalue weighted by Crippen LogP contribution is -2.41. The van der Waals surface area contributed by atoms with Crippen molar-refractivity contribution >= 4 is 23.2 Å². The molecule has 0 spiro atoms. The average molecular weight is 471 g/mol. The van der Waals surface area contributed by atoms with E-state index in [0.29, 0.717) is 29.7 Å². The summed E-state index contributed by atoms with van der Waals surface area (Å²) in [5, 5.41) is 11.5. The van der Waals surface area contributed by atoms with Crippen LogP contribution in [0.15, 0.2) is 36.4 Å². The molecule has 1 saturated heterocycles. The van der Waals surface area contributed by atoms with Gasteiger partial charge in [0.2, 0.25) is 0 Å². The molecule has 1 heterocycles. The van der Waals surface area contributed by atoms with Gasteiger partial charge in [-0.2, -0.15) is 0 Å². The van der Waals surface area contributed by atoms with Crippen LogP contribution in [0.3, 0.4) is 0 Å². The first-order valence-electron chi connectivity index (χ1n) is 11.2. The van der Waals surface area contributed by atoms with E-state index in [4.69, 9.17) is 9.47 Å². The minimum absolute atomic E-state index is 0.0708. The zero-order valence-electron chi connectivity index (χ0n) is 19.6. The van der Waals surface area contributed by atoms with Gasteiger partial charge in [-0.05, 0) is 55.5 Å². The summed E-state index contributed by atoms with van der Waals surface area (Å²) in [5.41, 5.74) is 5.31. The molecule has 1 aliphatic heterocycles. The van der Waals surface area contributed by atoms with Crippen LogP contribution in [-0.2, 0) is 0 Å². The smallest absolute Gasteiger partial charge is 0.293 e. The molecule has 0 saturated carbocycles. The van der Waals surface area contributed by atoms with E-state index < -0.39 is 16.7 Å². The van der Waals surface area contributed by atoms with Gasteiger partial charge in [0, 0.05) is 30.3 Å². The van der Waals surface area contributed by atoms with Gasteiger partial charge in [0.25, 0.3) is 17.5 Å². The lowest BCUT2D eigenvalue weighted by Gasteiger charge is -2.18. The number of carbonyl (C=O) groups is 2. The molecule has 34 heavy (non-hydrogen) atoms. The first kappa shape index (κ1) is 24.8. The van der Waals surface area contributed by atoms with Gasteiger partial charge >= 0.3 is 0 Å². The van der Waals surface area contributed by atoms with Crippen LogP contribution >= 0.6 is 0 Å². The number of nitrogens with one attached hydrogen (secondary N) is 2. The maximum absolute atomic E-state index is 12.5. The Morgan fingerprint density at radius 2 is 1.65 bits per heavy atom. The molecule has 10 nitrogen and oxygen atoms in total. The summed E-state index contributed by atoms with van der Waals surface area (Å²) in [6, 6.07) is 9.02. The van der Waals surface area contributed by atoms with E-state index in [1.54, 1.807) is 18.2 Å². The predicted molar refractivity (Wildman–Crippen MR) is 127 cm³/mol. The normalized spacial score (nSPS) is 13.0. The summed E-state index contributed by atoms with van der Waals surface area (Å²) >= 11 is 0. The highest BCUT2D eigenvalue weighted by molar-refractivity contribution is 6.00. The summed E-state index contributed by atoms with van der Waals surface area (Å²) in [7, 11) is 1.48. The number of hydrazine groups is 1. The average Bonchev–Trinajstić information content (AvgIpc) is 3.36. The molecule has 3 rings (SSSR count). The van der Waals surface area contributed by atoms with Crippen molar-refractivity contribution in [3.63, 3.8) is 0 Å². The molecule has 0 atom stereocenters. The second-order valence-corrected chi connectivity index (χ2v) is 8.46. The Morgan fingerprint density at radius 3 is 2.24 bits per heavy atom. The van der Waals surface area contributed by atoms with E-state index in [1.165, 1.54) is 25.3 Å². The van der Waals surface area contributed by atoms with E-state index in [1.807, 2.05) is 4.90 Å². The second kappa shape index (κ2) is 11.4. The number of nitro groups is 1. The molecule has 1 aliphatic rings. The first-order chi connectivity index (χ1) is 16.3. The maximum Gasteiger partial charge on any atom is 0.293 e. The van der Waals surface area contributed by atoms with Crippen molar-refractivity contribution in [2.75, 3.05) is 31.7 Å². The number of carbonyl (C=O) groups excluding carboxylic acids is 2. The Balaban J connectivity index is 1.64. The quantitative estimate of drug-likeness (QED) is 0.423. The van der Waals surface area contributed by atoms with Crippen molar-refractivity contribution in [2.45, 2.75) is 33.1 Å². The lowest BCUT2D eigenvalue weighted by atomic mass is 10.1. The molecule has 182 valence electrons. The van der Waals surface area contributed by atoms with Crippen LogP contribution in [0.25, 0.3) is 0 Å². The van der Waals surface area contributed by atoms with Crippen molar-refractivity contribution in [1.82, 2.24) is 10.9 Å². The minimum atomic E-state index is -0.662. The monoisotopic (exact) mass is 470 g/mol. The SMILES string of the molecule is COc1cc(C(=O)NNC(=O)c2ccc(N3CCCC3)c([N+](=O)[O-])c2)ccc1OCCC(C)C. The van der Waals surface area contributed by atoms with Gasteiger partial charge in [-0.3, -0.25) is 30.6 Å². The van der Waals surface area contributed by atoms with Gasteiger partial charge in [-0.15, -0.1) is 0 Å². The number of amides is 2. The third-order valence-electron chi connectivity index (χ3n) is 5.55. The van der Waals surface area contributed by atoms with Crippen molar-refractivity contribution in [3.05, 3.63) is 57.6 Å². The fourth-order valence-electron chi connectivity index (χ4n) is 3.63. The summed E-state index contributed by atoms with van der Waals surface area (Å²) < 4.78 is 11.0. The summed E-state index contributed by atoms with van der Waals surface area (Å²) in [4.78, 5) is 38.0. The molecule has 10 heteroatoms. The van der Waals surface area contributed by atoms with Gasteiger partial charge in [0.1, 0.15) is 5.69 Å². The Kier molecular flexibility index (Phi) is 8.29. The Labute approximate surface area is 198 Å². The number of hydrogen-bond donors (Lipinski definition) is 2. The van der Waals surface area contributed by atoms with Crippen LogP contribution in [0.5, 0.6) is 11.5 Å². The van der Waals surface area contributed by atoms with Crippen LogP contribution in [0.2, 0.25) is 0 Å². The minimum Gasteiger partial charge on any atom is -0.493 e. The topological polar surface area (TPSA) is 123 Å². The number of methoxy groups -OCH3 is 1. The van der Waals surface area contributed by atoms with E-state index in [0.717, 1.165) is 32.4 Å². The van der Waals surface area contributed by atoms with E-state index >= 15 is 0 Å². The molecular formula is C24H30N4O6. The molecule has 0 aromatic heterocycles. The molecule has 0 aliphatic carbocycles. The largest absolute Gasteiger partial charge is 0.493 e. The van der Waals surface area contributed by atoms with Gasteiger partial charge in [0.05, 0.1) is 18.6 Å². The maximum atomic E-state index is 12.5. The summed E-state index contributed by atoms with van der Waals surface area (Å²) in [6.45, 7) is 6.21. The van der Waals surface area contributed by atoms with Crippen LogP contribution < -0.4 is 25.2 Å². The molecule has 2 aromatic rings. The van der Waals surface area contributed by atoms with Crippen molar-refractivity contribution in [2.24, 2.45) is 5.92 Å². The lowest BCUT2D eigenvalue weighted by molar-refractivity contribution is -0.384. The highest BCUT2D eigenvalue weighted by Crippen LogP contribution is 2.32. The number of benzene rings is 2. The predicted octanol–water partition coefficient (Wildman–Crippen LogP) is 3.70. The van der Waals surface area contributed by atoms with Gasteiger partial charge in [0.15, 0.2) is 11.5 Å². The van der Waals surface area contributed by atoms with E-state index in [2.05, 4.69) is 24.7 Å².